The van der Waals surface area contributed by atoms with Crippen molar-refractivity contribution in [2.75, 3.05) is 46.6 Å². The minimum atomic E-state index is 0.722. The highest BCUT2D eigenvalue weighted by Crippen LogP contribution is 2.35. The van der Waals surface area contributed by atoms with Crippen molar-refractivity contribution in [2.45, 2.75) is 65.2 Å². The third-order valence-electron chi connectivity index (χ3n) is 7.59. The first-order valence-electron chi connectivity index (χ1n) is 11.9. The molecule has 3 rings (SSSR count). The fourth-order valence-corrected chi connectivity index (χ4v) is 5.32. The van der Waals surface area contributed by atoms with Crippen LogP contribution >= 0.6 is 0 Å². The van der Waals surface area contributed by atoms with Crippen LogP contribution in [0.4, 0.5) is 0 Å². The van der Waals surface area contributed by atoms with Gasteiger partial charge in [-0.1, -0.05) is 37.1 Å². The second kappa shape index (κ2) is 11.5. The van der Waals surface area contributed by atoms with Crippen LogP contribution in [0.3, 0.4) is 0 Å². The first kappa shape index (κ1) is 22.1. The quantitative estimate of drug-likeness (QED) is 0.488. The standard InChI is InChI=1S/C25H43NO2/c1-20(22-8-14-26(3)15-9-22)4-6-24(25-12-18-28-19-13-25)7-5-21(2)23-10-16-27-17-11-23/h8,10,20-21,24-25H,4-7,9,11-19H2,1-3H3. The topological polar surface area (TPSA) is 21.7 Å². The maximum atomic E-state index is 5.66. The Kier molecular flexibility index (Phi) is 9.07. The molecular weight excluding hydrogens is 346 g/mol. The third-order valence-corrected chi connectivity index (χ3v) is 7.59. The molecule has 3 atom stereocenters. The van der Waals surface area contributed by atoms with Crippen LogP contribution in [0.15, 0.2) is 23.3 Å². The number of hydrogen-bond donors (Lipinski definition) is 0. The minimum absolute atomic E-state index is 0.722. The van der Waals surface area contributed by atoms with E-state index in [9.17, 15) is 0 Å². The van der Waals surface area contributed by atoms with E-state index in [1.807, 2.05) is 0 Å². The Morgan fingerprint density at radius 2 is 1.57 bits per heavy atom. The molecule has 3 unspecified atom stereocenters. The molecule has 3 heterocycles. The average molecular weight is 390 g/mol. The van der Waals surface area contributed by atoms with Gasteiger partial charge < -0.3 is 14.4 Å². The molecule has 3 heteroatoms. The van der Waals surface area contributed by atoms with E-state index in [-0.39, 0.29) is 0 Å². The van der Waals surface area contributed by atoms with Crippen molar-refractivity contribution in [3.63, 3.8) is 0 Å². The van der Waals surface area contributed by atoms with Crippen molar-refractivity contribution in [3.05, 3.63) is 23.3 Å². The molecule has 0 amide bonds. The lowest BCUT2D eigenvalue weighted by Gasteiger charge is -2.33. The molecular formula is C25H43NO2. The first-order chi connectivity index (χ1) is 13.6. The molecule has 0 spiro atoms. The molecule has 0 radical (unpaired) electrons. The van der Waals surface area contributed by atoms with Gasteiger partial charge in [0.05, 0.1) is 13.2 Å². The fraction of sp³-hybridized carbons (Fsp3) is 0.840. The van der Waals surface area contributed by atoms with E-state index in [0.717, 1.165) is 63.1 Å². The minimum Gasteiger partial charge on any atom is -0.381 e. The van der Waals surface area contributed by atoms with E-state index in [0.29, 0.717) is 0 Å². The summed E-state index contributed by atoms with van der Waals surface area (Å²) in [6.45, 7) is 11.0. The molecule has 1 saturated heterocycles. The van der Waals surface area contributed by atoms with E-state index in [1.165, 1.54) is 51.5 Å². The van der Waals surface area contributed by atoms with Crippen LogP contribution in [0.5, 0.6) is 0 Å². The van der Waals surface area contributed by atoms with Gasteiger partial charge in [-0.15, -0.1) is 0 Å². The van der Waals surface area contributed by atoms with Crippen LogP contribution in [0.1, 0.15) is 65.2 Å². The lowest BCUT2D eigenvalue weighted by Crippen LogP contribution is -2.27. The van der Waals surface area contributed by atoms with E-state index >= 15 is 0 Å². The summed E-state index contributed by atoms with van der Waals surface area (Å²) in [5.41, 5.74) is 3.35. The summed E-state index contributed by atoms with van der Waals surface area (Å²) >= 11 is 0. The molecule has 3 aliphatic heterocycles. The normalized spacial score (nSPS) is 25.7. The van der Waals surface area contributed by atoms with Gasteiger partial charge in [-0.3, -0.25) is 0 Å². The second-order valence-corrected chi connectivity index (χ2v) is 9.56. The van der Waals surface area contributed by atoms with Gasteiger partial charge in [-0.2, -0.15) is 0 Å². The Hall–Kier alpha value is -0.640. The number of hydrogen-bond acceptors (Lipinski definition) is 3. The number of likely N-dealkylation sites (N-methyl/N-ethyl adjacent to an activating group) is 1. The van der Waals surface area contributed by atoms with Gasteiger partial charge >= 0.3 is 0 Å². The lowest BCUT2D eigenvalue weighted by molar-refractivity contribution is 0.0412. The molecule has 0 aromatic heterocycles. The Bertz CT molecular complexity index is 521. The van der Waals surface area contributed by atoms with Gasteiger partial charge in [-0.05, 0) is 82.1 Å². The molecule has 3 nitrogen and oxygen atoms in total. The van der Waals surface area contributed by atoms with Crippen molar-refractivity contribution in [2.24, 2.45) is 23.7 Å². The summed E-state index contributed by atoms with van der Waals surface area (Å²) in [6.07, 6.45) is 15.3. The molecule has 0 aromatic carbocycles. The molecule has 160 valence electrons. The Balaban J connectivity index is 1.52. The highest BCUT2D eigenvalue weighted by atomic mass is 16.5. The van der Waals surface area contributed by atoms with Gasteiger partial charge in [0.15, 0.2) is 0 Å². The van der Waals surface area contributed by atoms with Crippen LogP contribution in [-0.2, 0) is 9.47 Å². The van der Waals surface area contributed by atoms with E-state index in [2.05, 4.69) is 37.9 Å². The summed E-state index contributed by atoms with van der Waals surface area (Å²) in [5.74, 6) is 3.23. The maximum absolute atomic E-state index is 5.66. The van der Waals surface area contributed by atoms with Gasteiger partial charge in [0.25, 0.3) is 0 Å². The van der Waals surface area contributed by atoms with Crippen LogP contribution in [0, 0.1) is 23.7 Å². The van der Waals surface area contributed by atoms with Crippen molar-refractivity contribution in [3.8, 4) is 0 Å². The summed E-state index contributed by atoms with van der Waals surface area (Å²) in [5, 5.41) is 0. The summed E-state index contributed by atoms with van der Waals surface area (Å²) in [7, 11) is 2.23. The van der Waals surface area contributed by atoms with Gasteiger partial charge in [-0.25, -0.2) is 0 Å². The molecule has 0 aliphatic carbocycles. The van der Waals surface area contributed by atoms with Crippen molar-refractivity contribution in [1.29, 1.82) is 0 Å². The highest BCUT2D eigenvalue weighted by molar-refractivity contribution is 5.10. The monoisotopic (exact) mass is 389 g/mol. The van der Waals surface area contributed by atoms with Crippen LogP contribution < -0.4 is 0 Å². The number of rotatable bonds is 9. The van der Waals surface area contributed by atoms with Gasteiger partial charge in [0.1, 0.15) is 0 Å². The molecule has 0 bridgehead atoms. The first-order valence-corrected chi connectivity index (χ1v) is 11.9. The largest absolute Gasteiger partial charge is 0.381 e. The SMILES string of the molecule is CC(CCC(CCC(C)C1=CCN(C)CC1)C1CCOCC1)C1=CCOCC1. The number of nitrogens with zero attached hydrogens (tertiary/aromatic N) is 1. The second-order valence-electron chi connectivity index (χ2n) is 9.56. The smallest absolute Gasteiger partial charge is 0.0650 e. The molecule has 0 N–H and O–H groups in total. The third kappa shape index (κ3) is 6.71. The molecule has 3 aliphatic rings. The van der Waals surface area contributed by atoms with E-state index in [4.69, 9.17) is 9.47 Å². The van der Waals surface area contributed by atoms with Crippen LogP contribution in [0.2, 0.25) is 0 Å². The van der Waals surface area contributed by atoms with Crippen molar-refractivity contribution >= 4 is 0 Å². The average Bonchev–Trinajstić information content (AvgIpc) is 2.75. The predicted octanol–water partition coefficient (Wildman–Crippen LogP) is 5.47. The molecule has 0 saturated carbocycles. The van der Waals surface area contributed by atoms with Crippen molar-refractivity contribution in [1.82, 2.24) is 4.90 Å². The zero-order valence-corrected chi connectivity index (χ0v) is 18.6. The Labute approximate surface area is 173 Å². The highest BCUT2D eigenvalue weighted by Gasteiger charge is 2.26. The molecule has 0 aromatic rings. The van der Waals surface area contributed by atoms with Crippen LogP contribution in [0.25, 0.3) is 0 Å². The van der Waals surface area contributed by atoms with E-state index in [1.54, 1.807) is 11.1 Å². The summed E-state index contributed by atoms with van der Waals surface area (Å²) < 4.78 is 11.2. The summed E-state index contributed by atoms with van der Waals surface area (Å²) in [4.78, 5) is 2.42. The maximum Gasteiger partial charge on any atom is 0.0650 e. The fourth-order valence-electron chi connectivity index (χ4n) is 5.32. The Morgan fingerprint density at radius 1 is 0.893 bits per heavy atom. The molecule has 28 heavy (non-hydrogen) atoms. The van der Waals surface area contributed by atoms with Crippen LogP contribution in [-0.4, -0.2) is 51.5 Å². The zero-order valence-electron chi connectivity index (χ0n) is 18.6. The zero-order chi connectivity index (χ0) is 19.8. The van der Waals surface area contributed by atoms with Crippen molar-refractivity contribution < 1.29 is 9.47 Å². The Morgan fingerprint density at radius 3 is 2.14 bits per heavy atom. The lowest BCUT2D eigenvalue weighted by atomic mass is 9.76. The molecule has 1 fully saturated rings. The predicted molar refractivity (Wildman–Crippen MR) is 118 cm³/mol. The summed E-state index contributed by atoms with van der Waals surface area (Å²) in [6, 6.07) is 0. The number of ether oxygens (including phenoxy) is 2. The van der Waals surface area contributed by atoms with Gasteiger partial charge in [0, 0.05) is 26.3 Å². The van der Waals surface area contributed by atoms with Gasteiger partial charge in [0.2, 0.25) is 0 Å². The van der Waals surface area contributed by atoms with E-state index < -0.39 is 0 Å².